The fraction of sp³-hybridized carbons (Fsp3) is 0. The number of aromatic nitrogens is 5. The summed E-state index contributed by atoms with van der Waals surface area (Å²) in [5.41, 5.74) is 13.7. The van der Waals surface area contributed by atoms with E-state index in [4.69, 9.17) is 19.4 Å². The quantitative estimate of drug-likeness (QED) is 0.168. The zero-order valence-corrected chi connectivity index (χ0v) is 33.9. The van der Waals surface area contributed by atoms with Crippen LogP contribution in [0, 0.1) is 0 Å². The summed E-state index contributed by atoms with van der Waals surface area (Å²) in [6.07, 6.45) is 0. The minimum Gasteiger partial charge on any atom is -0.456 e. The van der Waals surface area contributed by atoms with Gasteiger partial charge in [-0.1, -0.05) is 140 Å². The van der Waals surface area contributed by atoms with Gasteiger partial charge in [0, 0.05) is 49.1 Å². The SMILES string of the molecule is c1ccc(-c2nc(-c3ccccc3)nc(-n3c4ccccc4c4cc(-c5ccc6oc7ccc(-c8ccc9c(c8)c8ccccc8n9-c8ccccc8)cc7c6c5)ccc43)n2)cc1. The molecule has 0 unspecified atom stereocenters. The first-order valence-electron chi connectivity index (χ1n) is 21.2. The predicted molar refractivity (Wildman–Crippen MR) is 258 cm³/mol. The summed E-state index contributed by atoms with van der Waals surface area (Å²) in [5, 5.41) is 6.88. The van der Waals surface area contributed by atoms with Gasteiger partial charge >= 0.3 is 0 Å². The Morgan fingerprint density at radius 1 is 0.286 bits per heavy atom. The third kappa shape index (κ3) is 5.69. The van der Waals surface area contributed by atoms with E-state index in [1.165, 1.54) is 21.8 Å². The maximum atomic E-state index is 6.45. The topological polar surface area (TPSA) is 61.7 Å². The molecule has 9 aromatic carbocycles. The summed E-state index contributed by atoms with van der Waals surface area (Å²) in [6.45, 7) is 0. The van der Waals surface area contributed by atoms with Crippen LogP contribution in [0.4, 0.5) is 0 Å². The minimum absolute atomic E-state index is 0.574. The van der Waals surface area contributed by atoms with Gasteiger partial charge in [-0.05, 0) is 95.1 Å². The maximum Gasteiger partial charge on any atom is 0.238 e. The van der Waals surface area contributed by atoms with E-state index < -0.39 is 0 Å². The van der Waals surface area contributed by atoms with Gasteiger partial charge in [0.1, 0.15) is 11.2 Å². The highest BCUT2D eigenvalue weighted by Crippen LogP contribution is 2.40. The van der Waals surface area contributed by atoms with Gasteiger partial charge in [-0.3, -0.25) is 4.57 Å². The Kier molecular flexibility index (Phi) is 7.80. The lowest BCUT2D eigenvalue weighted by Crippen LogP contribution is -2.06. The van der Waals surface area contributed by atoms with Crippen molar-refractivity contribution in [1.82, 2.24) is 24.1 Å². The summed E-state index contributed by atoms with van der Waals surface area (Å²) in [7, 11) is 0. The Morgan fingerprint density at radius 2 is 0.683 bits per heavy atom. The van der Waals surface area contributed by atoms with E-state index in [1.807, 2.05) is 60.7 Å². The van der Waals surface area contributed by atoms with Crippen molar-refractivity contribution in [3.8, 4) is 56.7 Å². The van der Waals surface area contributed by atoms with Crippen molar-refractivity contribution in [2.45, 2.75) is 0 Å². The Hall–Kier alpha value is -8.61. The molecule has 6 heteroatoms. The smallest absolute Gasteiger partial charge is 0.238 e. The molecule has 0 aliphatic carbocycles. The molecule has 0 amide bonds. The van der Waals surface area contributed by atoms with E-state index in [-0.39, 0.29) is 0 Å². The average Bonchev–Trinajstić information content (AvgIpc) is 4.01. The van der Waals surface area contributed by atoms with Crippen molar-refractivity contribution in [3.05, 3.63) is 212 Å². The molecule has 4 heterocycles. The second kappa shape index (κ2) is 14.0. The molecule has 0 bridgehead atoms. The molecular formula is C57H35N5O. The molecule has 13 rings (SSSR count). The van der Waals surface area contributed by atoms with Gasteiger partial charge in [-0.2, -0.15) is 9.97 Å². The molecular weight excluding hydrogens is 771 g/mol. The molecule has 0 atom stereocenters. The lowest BCUT2D eigenvalue weighted by atomic mass is 9.98. The monoisotopic (exact) mass is 805 g/mol. The molecule has 0 aliphatic rings. The number of benzene rings is 9. The number of para-hydroxylation sites is 3. The summed E-state index contributed by atoms with van der Waals surface area (Å²) in [4.78, 5) is 15.2. The number of hydrogen-bond donors (Lipinski definition) is 0. The van der Waals surface area contributed by atoms with Crippen molar-refractivity contribution in [3.63, 3.8) is 0 Å². The molecule has 0 saturated carbocycles. The predicted octanol–water partition coefficient (Wildman–Crippen LogP) is 14.6. The van der Waals surface area contributed by atoms with Crippen LogP contribution in [0.1, 0.15) is 0 Å². The number of furan rings is 1. The highest BCUT2D eigenvalue weighted by molar-refractivity contribution is 6.13. The maximum absolute atomic E-state index is 6.45. The van der Waals surface area contributed by atoms with Gasteiger partial charge in [0.25, 0.3) is 0 Å². The zero-order valence-electron chi connectivity index (χ0n) is 33.9. The lowest BCUT2D eigenvalue weighted by molar-refractivity contribution is 0.669. The Balaban J connectivity index is 0.929. The van der Waals surface area contributed by atoms with Crippen molar-refractivity contribution in [1.29, 1.82) is 0 Å². The number of nitrogens with zero attached hydrogens (tertiary/aromatic N) is 5. The van der Waals surface area contributed by atoms with E-state index in [0.717, 1.165) is 82.8 Å². The number of fused-ring (bicyclic) bond motifs is 9. The van der Waals surface area contributed by atoms with Crippen LogP contribution >= 0.6 is 0 Å². The molecule has 0 spiro atoms. The molecule has 0 N–H and O–H groups in total. The van der Waals surface area contributed by atoms with E-state index in [0.29, 0.717) is 17.6 Å². The summed E-state index contributed by atoms with van der Waals surface area (Å²) in [6, 6.07) is 74.6. The van der Waals surface area contributed by atoms with Gasteiger partial charge in [-0.15, -0.1) is 0 Å². The molecule has 0 saturated heterocycles. The molecule has 0 aliphatic heterocycles. The van der Waals surface area contributed by atoms with Crippen LogP contribution in [0.15, 0.2) is 217 Å². The Labute approximate surface area is 361 Å². The van der Waals surface area contributed by atoms with Gasteiger partial charge in [0.05, 0.1) is 22.1 Å². The number of rotatable bonds is 6. The van der Waals surface area contributed by atoms with Crippen molar-refractivity contribution in [2.75, 3.05) is 0 Å². The van der Waals surface area contributed by atoms with Crippen LogP contribution in [0.3, 0.4) is 0 Å². The first-order chi connectivity index (χ1) is 31.2. The molecule has 0 fully saturated rings. The van der Waals surface area contributed by atoms with E-state index in [9.17, 15) is 0 Å². The summed E-state index contributed by atoms with van der Waals surface area (Å²) >= 11 is 0. The van der Waals surface area contributed by atoms with Crippen LogP contribution in [-0.2, 0) is 0 Å². The standard InChI is InChI=1S/C57H35N5O/c1-4-14-36(15-5-1)55-58-56(37-16-6-2-7-17-37)60-57(59-55)62-50-23-13-11-21-44(50)46-33-39(25-29-52(46)62)41-27-31-54-48(35-41)47-34-40(26-30-53(47)63-54)38-24-28-51-45(32-38)43-20-10-12-22-49(43)61(51)42-18-8-3-9-19-42/h1-35H. The molecule has 4 aromatic heterocycles. The highest BCUT2D eigenvalue weighted by Gasteiger charge is 2.20. The third-order valence-corrected chi connectivity index (χ3v) is 12.4. The molecule has 0 radical (unpaired) electrons. The zero-order chi connectivity index (χ0) is 41.4. The van der Waals surface area contributed by atoms with Gasteiger partial charge < -0.3 is 8.98 Å². The van der Waals surface area contributed by atoms with Crippen molar-refractivity contribution in [2.24, 2.45) is 0 Å². The molecule has 294 valence electrons. The van der Waals surface area contributed by atoms with Crippen LogP contribution in [-0.4, -0.2) is 24.1 Å². The van der Waals surface area contributed by atoms with Crippen LogP contribution < -0.4 is 0 Å². The normalized spacial score (nSPS) is 11.8. The molecule has 6 nitrogen and oxygen atoms in total. The van der Waals surface area contributed by atoms with Crippen LogP contribution in [0.5, 0.6) is 0 Å². The van der Waals surface area contributed by atoms with E-state index in [2.05, 4.69) is 161 Å². The van der Waals surface area contributed by atoms with Crippen molar-refractivity contribution < 1.29 is 4.42 Å². The number of hydrogen-bond acceptors (Lipinski definition) is 4. The fourth-order valence-corrected chi connectivity index (χ4v) is 9.41. The second-order valence-corrected chi connectivity index (χ2v) is 16.0. The molecule has 13 aromatic rings. The third-order valence-electron chi connectivity index (χ3n) is 12.4. The largest absolute Gasteiger partial charge is 0.456 e. The van der Waals surface area contributed by atoms with Gasteiger partial charge in [0.15, 0.2) is 11.6 Å². The first-order valence-corrected chi connectivity index (χ1v) is 21.2. The van der Waals surface area contributed by atoms with Crippen molar-refractivity contribution >= 4 is 65.6 Å². The second-order valence-electron chi connectivity index (χ2n) is 16.0. The van der Waals surface area contributed by atoms with Gasteiger partial charge in [0.2, 0.25) is 5.95 Å². The first kappa shape index (κ1) is 35.2. The average molecular weight is 806 g/mol. The Morgan fingerprint density at radius 3 is 1.21 bits per heavy atom. The van der Waals surface area contributed by atoms with Gasteiger partial charge in [-0.25, -0.2) is 4.98 Å². The fourth-order valence-electron chi connectivity index (χ4n) is 9.41. The summed E-state index contributed by atoms with van der Waals surface area (Å²) < 4.78 is 11.0. The van der Waals surface area contributed by atoms with Crippen LogP contribution in [0.25, 0.3) is 122 Å². The Bertz CT molecular complexity index is 3850. The summed E-state index contributed by atoms with van der Waals surface area (Å²) in [5.74, 6) is 1.83. The molecule has 63 heavy (non-hydrogen) atoms. The highest BCUT2D eigenvalue weighted by atomic mass is 16.3. The minimum atomic E-state index is 0.574. The lowest BCUT2D eigenvalue weighted by Gasteiger charge is -2.11. The van der Waals surface area contributed by atoms with E-state index in [1.54, 1.807) is 0 Å². The van der Waals surface area contributed by atoms with E-state index >= 15 is 0 Å². The van der Waals surface area contributed by atoms with Crippen LogP contribution in [0.2, 0.25) is 0 Å².